The van der Waals surface area contributed by atoms with E-state index in [0.29, 0.717) is 37.8 Å². The molecule has 1 aromatic rings. The molecule has 2 rings (SSSR count). The van der Waals surface area contributed by atoms with Crippen molar-refractivity contribution in [2.45, 2.75) is 53.4 Å². The lowest BCUT2D eigenvalue weighted by molar-refractivity contribution is -0.176. The van der Waals surface area contributed by atoms with Crippen LogP contribution < -0.4 is 15.2 Å². The van der Waals surface area contributed by atoms with E-state index >= 15 is 0 Å². The van der Waals surface area contributed by atoms with Crippen LogP contribution in [0.25, 0.3) is 0 Å². The minimum Gasteiger partial charge on any atom is -0.490 e. The number of benzene rings is 1. The lowest BCUT2D eigenvalue weighted by Crippen LogP contribution is -2.49. The van der Waals surface area contributed by atoms with Crippen LogP contribution in [-0.2, 0) is 19.0 Å². The first-order valence-electron chi connectivity index (χ1n) is 11.2. The van der Waals surface area contributed by atoms with Gasteiger partial charge in [-0.25, -0.2) is 4.79 Å². The van der Waals surface area contributed by atoms with Gasteiger partial charge in [-0.1, -0.05) is 46.2 Å². The van der Waals surface area contributed by atoms with Gasteiger partial charge < -0.3 is 34.3 Å². The fourth-order valence-electron chi connectivity index (χ4n) is 2.66. The molecule has 182 valence electrons. The van der Waals surface area contributed by atoms with Crippen LogP contribution >= 0.6 is 0 Å². The van der Waals surface area contributed by atoms with E-state index in [1.807, 2.05) is 31.2 Å². The van der Waals surface area contributed by atoms with Gasteiger partial charge in [-0.05, 0) is 19.1 Å². The highest BCUT2D eigenvalue weighted by atomic mass is 16.7. The first-order chi connectivity index (χ1) is 15.4. The van der Waals surface area contributed by atoms with Crippen LogP contribution in [0.4, 0.5) is 4.79 Å². The molecule has 0 bridgehead atoms. The maximum Gasteiger partial charge on any atom is 0.413 e. The van der Waals surface area contributed by atoms with E-state index in [2.05, 4.69) is 13.8 Å². The van der Waals surface area contributed by atoms with Crippen molar-refractivity contribution < 1.29 is 33.3 Å². The zero-order valence-electron chi connectivity index (χ0n) is 19.9. The largest absolute Gasteiger partial charge is 0.490 e. The number of hydrogen-bond acceptors (Lipinski definition) is 8. The first-order valence-corrected chi connectivity index (χ1v) is 11.2. The van der Waals surface area contributed by atoms with Gasteiger partial charge in [-0.15, -0.1) is 0 Å². The molecular weight excluding hydrogens is 416 g/mol. The Bertz CT molecular complexity index is 684. The minimum atomic E-state index is -0.992. The normalized spacial score (nSPS) is 16.5. The summed E-state index contributed by atoms with van der Waals surface area (Å²) < 4.78 is 27.5. The molecule has 0 aliphatic carbocycles. The van der Waals surface area contributed by atoms with Crippen molar-refractivity contribution >= 4 is 12.1 Å². The molecular formula is C23H38N2O7. The maximum absolute atomic E-state index is 12.5. The second-order valence-corrected chi connectivity index (χ2v) is 7.53. The second kappa shape index (κ2) is 15.3. The van der Waals surface area contributed by atoms with E-state index in [9.17, 15) is 9.59 Å². The summed E-state index contributed by atoms with van der Waals surface area (Å²) in [5.74, 6) is 0.442. The van der Waals surface area contributed by atoms with E-state index in [-0.39, 0.29) is 25.2 Å². The maximum atomic E-state index is 12.5. The number of carbonyl (C=O) groups excluding carboxylic acids is 2. The number of rotatable bonds is 9. The smallest absolute Gasteiger partial charge is 0.413 e. The van der Waals surface area contributed by atoms with Crippen molar-refractivity contribution in [2.75, 3.05) is 39.5 Å². The third-order valence-electron chi connectivity index (χ3n) is 4.15. The van der Waals surface area contributed by atoms with Gasteiger partial charge in [-0.3, -0.25) is 4.79 Å². The number of nitrogens with two attached hydrogens (primary N) is 1. The van der Waals surface area contributed by atoms with Gasteiger partial charge in [0.05, 0.1) is 26.3 Å². The SMILES string of the molecule is CCC.CCOc1ccccc1OCC1CN(C(=O)OC(OC(=O)CN)C(C)C)CCO1. The molecule has 0 saturated carbocycles. The molecule has 2 unspecified atom stereocenters. The van der Waals surface area contributed by atoms with Gasteiger partial charge in [0.15, 0.2) is 11.5 Å². The number of para-hydroxylation sites is 2. The number of ether oxygens (including phenoxy) is 5. The Morgan fingerprint density at radius 1 is 1.12 bits per heavy atom. The number of carbonyl (C=O) groups is 2. The third-order valence-corrected chi connectivity index (χ3v) is 4.15. The van der Waals surface area contributed by atoms with E-state index in [1.165, 1.54) is 11.3 Å². The van der Waals surface area contributed by atoms with Crippen LogP contribution in [0, 0.1) is 5.92 Å². The fourth-order valence-corrected chi connectivity index (χ4v) is 2.66. The highest BCUT2D eigenvalue weighted by Gasteiger charge is 2.30. The number of hydrogen-bond donors (Lipinski definition) is 1. The Morgan fingerprint density at radius 2 is 1.75 bits per heavy atom. The molecule has 1 saturated heterocycles. The monoisotopic (exact) mass is 454 g/mol. The summed E-state index contributed by atoms with van der Waals surface area (Å²) in [5.41, 5.74) is 5.26. The lowest BCUT2D eigenvalue weighted by Gasteiger charge is -2.33. The number of nitrogens with zero attached hydrogens (tertiary/aromatic N) is 1. The van der Waals surface area contributed by atoms with Crippen LogP contribution in [0.15, 0.2) is 24.3 Å². The van der Waals surface area contributed by atoms with Crippen molar-refractivity contribution in [1.82, 2.24) is 4.90 Å². The predicted octanol–water partition coefficient (Wildman–Crippen LogP) is 3.20. The van der Waals surface area contributed by atoms with Crippen molar-refractivity contribution in [2.24, 2.45) is 11.7 Å². The predicted molar refractivity (Wildman–Crippen MR) is 121 cm³/mol. The van der Waals surface area contributed by atoms with E-state index in [0.717, 1.165) is 0 Å². The van der Waals surface area contributed by atoms with Gasteiger partial charge in [0, 0.05) is 12.5 Å². The molecule has 1 aromatic carbocycles. The van der Waals surface area contributed by atoms with Gasteiger partial charge in [0.1, 0.15) is 12.7 Å². The van der Waals surface area contributed by atoms with Gasteiger partial charge >= 0.3 is 12.1 Å². The summed E-state index contributed by atoms with van der Waals surface area (Å²) in [4.78, 5) is 25.4. The topological polar surface area (TPSA) is 110 Å². The molecule has 0 aromatic heterocycles. The second-order valence-electron chi connectivity index (χ2n) is 7.53. The van der Waals surface area contributed by atoms with Crippen LogP contribution in [-0.4, -0.2) is 68.8 Å². The van der Waals surface area contributed by atoms with Crippen molar-refractivity contribution in [3.05, 3.63) is 24.3 Å². The first kappa shape index (κ1) is 27.5. The Balaban J connectivity index is 0.00000161. The Hall–Kier alpha value is -2.52. The molecule has 9 heteroatoms. The molecule has 2 atom stereocenters. The van der Waals surface area contributed by atoms with Crippen LogP contribution in [0.1, 0.15) is 41.0 Å². The molecule has 1 amide bonds. The van der Waals surface area contributed by atoms with Gasteiger partial charge in [-0.2, -0.15) is 0 Å². The highest BCUT2D eigenvalue weighted by molar-refractivity contribution is 5.72. The Labute approximate surface area is 191 Å². The summed E-state index contributed by atoms with van der Waals surface area (Å²) in [7, 11) is 0. The summed E-state index contributed by atoms with van der Waals surface area (Å²) >= 11 is 0. The van der Waals surface area contributed by atoms with Crippen molar-refractivity contribution in [3.8, 4) is 11.5 Å². The molecule has 32 heavy (non-hydrogen) atoms. The highest BCUT2D eigenvalue weighted by Crippen LogP contribution is 2.26. The van der Waals surface area contributed by atoms with Crippen LogP contribution in [0.2, 0.25) is 0 Å². The minimum absolute atomic E-state index is 0.204. The molecule has 2 N–H and O–H groups in total. The molecule has 0 radical (unpaired) electrons. The Morgan fingerprint density at radius 3 is 2.31 bits per heavy atom. The average Bonchev–Trinajstić information content (AvgIpc) is 2.78. The van der Waals surface area contributed by atoms with Crippen molar-refractivity contribution in [1.29, 1.82) is 0 Å². The number of amides is 1. The third kappa shape index (κ3) is 9.74. The summed E-state index contributed by atoms with van der Waals surface area (Å²) in [6.45, 7) is 11.3. The summed E-state index contributed by atoms with van der Waals surface area (Å²) in [5, 5.41) is 0. The number of morpholine rings is 1. The Kier molecular flexibility index (Phi) is 13.2. The lowest BCUT2D eigenvalue weighted by atomic mass is 10.2. The zero-order valence-corrected chi connectivity index (χ0v) is 19.9. The van der Waals surface area contributed by atoms with Crippen molar-refractivity contribution in [3.63, 3.8) is 0 Å². The summed E-state index contributed by atoms with van der Waals surface area (Å²) in [6, 6.07) is 7.38. The number of esters is 1. The quantitative estimate of drug-likeness (QED) is 0.447. The van der Waals surface area contributed by atoms with Gasteiger partial charge in [0.2, 0.25) is 0 Å². The van der Waals surface area contributed by atoms with Gasteiger partial charge in [0.25, 0.3) is 6.29 Å². The van der Waals surface area contributed by atoms with Crippen LogP contribution in [0.5, 0.6) is 11.5 Å². The van der Waals surface area contributed by atoms with E-state index < -0.39 is 18.4 Å². The molecule has 1 fully saturated rings. The standard InChI is InChI=1S/C20H30N2O7.C3H8/c1-4-25-16-7-5-6-8-17(16)27-13-15-12-22(9-10-26-15)20(24)29-19(14(2)3)28-18(23)11-21;1-3-2/h5-8,14-15,19H,4,9-13,21H2,1-3H3;3H2,1-2H3. The molecule has 1 aliphatic rings. The zero-order chi connectivity index (χ0) is 23.9. The fraction of sp³-hybridized carbons (Fsp3) is 0.652. The van der Waals surface area contributed by atoms with Crippen LogP contribution in [0.3, 0.4) is 0 Å². The molecule has 0 spiro atoms. The average molecular weight is 455 g/mol. The van der Waals surface area contributed by atoms with E-state index in [1.54, 1.807) is 13.8 Å². The summed E-state index contributed by atoms with van der Waals surface area (Å²) in [6.07, 6.45) is -0.638. The molecule has 9 nitrogen and oxygen atoms in total. The molecule has 1 heterocycles. The molecule has 1 aliphatic heterocycles. The van der Waals surface area contributed by atoms with E-state index in [4.69, 9.17) is 29.4 Å².